The number of sulfone groups is 1. The van der Waals surface area contributed by atoms with E-state index in [9.17, 15) is 21.9 Å². The van der Waals surface area contributed by atoms with Gasteiger partial charge in [0.15, 0.2) is 9.84 Å². The van der Waals surface area contributed by atoms with Gasteiger partial charge in [-0.3, -0.25) is 0 Å². The summed E-state index contributed by atoms with van der Waals surface area (Å²) in [6.07, 6.45) is 2.23. The zero-order valence-electron chi connectivity index (χ0n) is 24.2. The number of sulfonamides is 1. The highest BCUT2D eigenvalue weighted by Crippen LogP contribution is 2.37. The minimum Gasteiger partial charge on any atom is -0.491 e. The Bertz CT molecular complexity index is 1620. The molecule has 0 amide bonds. The smallest absolute Gasteiger partial charge is 0.243 e. The summed E-state index contributed by atoms with van der Waals surface area (Å²) < 4.78 is 63.9. The minimum atomic E-state index is -3.66. The second-order valence-electron chi connectivity index (χ2n) is 11.3. The lowest BCUT2D eigenvalue weighted by Gasteiger charge is -2.38. The molecular formula is C31H39N3O7S2. The Labute approximate surface area is 253 Å². The van der Waals surface area contributed by atoms with Crippen LogP contribution in [0.3, 0.4) is 0 Å². The Morgan fingerprint density at radius 3 is 2.40 bits per heavy atom. The molecule has 12 heteroatoms. The fourth-order valence-electron chi connectivity index (χ4n) is 5.63. The molecule has 0 radical (unpaired) electrons. The van der Waals surface area contributed by atoms with Crippen LogP contribution >= 0.6 is 0 Å². The highest BCUT2D eigenvalue weighted by atomic mass is 32.2. The third kappa shape index (κ3) is 7.63. The van der Waals surface area contributed by atoms with Crippen molar-refractivity contribution in [3.8, 4) is 16.9 Å². The van der Waals surface area contributed by atoms with E-state index >= 15 is 0 Å². The molecule has 43 heavy (non-hydrogen) atoms. The zero-order chi connectivity index (χ0) is 30.7. The first kappa shape index (κ1) is 31.6. The minimum absolute atomic E-state index is 0.00592. The summed E-state index contributed by atoms with van der Waals surface area (Å²) >= 11 is 0. The largest absolute Gasteiger partial charge is 0.491 e. The Hall–Kier alpha value is -2.84. The summed E-state index contributed by atoms with van der Waals surface area (Å²) in [5.74, 6) is 0.375. The zero-order valence-corrected chi connectivity index (χ0v) is 25.8. The van der Waals surface area contributed by atoms with Crippen molar-refractivity contribution < 1.29 is 31.4 Å². The van der Waals surface area contributed by atoms with Crippen LogP contribution in [-0.2, 0) is 31.1 Å². The van der Waals surface area contributed by atoms with Crippen LogP contribution in [0.1, 0.15) is 24.8 Å². The molecule has 0 aromatic heterocycles. The first-order chi connectivity index (χ1) is 20.5. The van der Waals surface area contributed by atoms with Crippen molar-refractivity contribution in [1.29, 1.82) is 0 Å². The highest BCUT2D eigenvalue weighted by molar-refractivity contribution is 7.90. The normalized spacial score (nSPS) is 19.8. The van der Waals surface area contributed by atoms with Gasteiger partial charge >= 0.3 is 0 Å². The van der Waals surface area contributed by atoms with E-state index in [1.54, 1.807) is 34.6 Å². The molecule has 2 atom stereocenters. The molecule has 3 aromatic rings. The maximum absolute atomic E-state index is 13.5. The molecule has 0 bridgehead atoms. The maximum Gasteiger partial charge on any atom is 0.243 e. The van der Waals surface area contributed by atoms with Crippen molar-refractivity contribution in [3.05, 3.63) is 78.4 Å². The first-order valence-corrected chi connectivity index (χ1v) is 17.7. The number of benzene rings is 3. The molecule has 0 aliphatic carbocycles. The molecule has 1 spiro atoms. The standard InChI is InChI=1S/C31H39N3O7S2/c1-42(36,37)29-6-3-5-28(17-29)40-22-27(35)20-33-26-18-31(41-21-26)12-14-34(15-13-31)43(38,39)30-7-2-4-25(16-30)24-10-8-23(19-32)9-11-24/h2-11,16-17,26-27,33,35H,12-15,18-22,32H2,1H3/t26?,27-/m0/s1. The SMILES string of the molecule is CS(=O)(=O)c1cccc(OC[C@@H](O)CNC2COC3(CCN(S(=O)(=O)c4cccc(-c5ccc(CN)cc5)c4)CC3)C2)c1. The molecule has 2 fully saturated rings. The van der Waals surface area contributed by atoms with Gasteiger partial charge in [-0.25, -0.2) is 16.8 Å². The van der Waals surface area contributed by atoms with E-state index in [-0.39, 0.29) is 29.0 Å². The van der Waals surface area contributed by atoms with Gasteiger partial charge in [-0.1, -0.05) is 42.5 Å². The number of nitrogens with zero attached hydrogens (tertiary/aromatic N) is 1. The van der Waals surface area contributed by atoms with Gasteiger partial charge in [-0.2, -0.15) is 4.31 Å². The van der Waals surface area contributed by atoms with Gasteiger partial charge in [0, 0.05) is 38.5 Å². The quantitative estimate of drug-likeness (QED) is 0.291. The van der Waals surface area contributed by atoms with Crippen molar-refractivity contribution in [1.82, 2.24) is 9.62 Å². The van der Waals surface area contributed by atoms with Crippen molar-refractivity contribution in [2.45, 2.75) is 53.3 Å². The summed E-state index contributed by atoms with van der Waals surface area (Å²) in [5.41, 5.74) is 8.08. The van der Waals surface area contributed by atoms with E-state index in [1.807, 2.05) is 30.3 Å². The van der Waals surface area contributed by atoms with E-state index in [1.165, 1.54) is 12.1 Å². The van der Waals surface area contributed by atoms with Gasteiger partial charge in [0.05, 0.1) is 22.0 Å². The molecule has 4 N–H and O–H groups in total. The van der Waals surface area contributed by atoms with Crippen LogP contribution in [0.4, 0.5) is 0 Å². The number of ether oxygens (including phenoxy) is 2. The van der Waals surface area contributed by atoms with E-state index in [0.717, 1.165) is 29.4 Å². The second-order valence-corrected chi connectivity index (χ2v) is 15.3. The van der Waals surface area contributed by atoms with Crippen molar-refractivity contribution >= 4 is 19.9 Å². The fraction of sp³-hybridized carbons (Fsp3) is 0.419. The average molecular weight is 630 g/mol. The van der Waals surface area contributed by atoms with Crippen LogP contribution in [0.2, 0.25) is 0 Å². The van der Waals surface area contributed by atoms with Gasteiger partial charge in [-0.15, -0.1) is 0 Å². The molecule has 0 saturated carbocycles. The maximum atomic E-state index is 13.5. The van der Waals surface area contributed by atoms with Gasteiger partial charge in [-0.05, 0) is 66.3 Å². The number of hydrogen-bond donors (Lipinski definition) is 3. The van der Waals surface area contributed by atoms with Crippen molar-refractivity contribution in [2.24, 2.45) is 5.73 Å². The number of nitrogens with one attached hydrogen (secondary N) is 1. The third-order valence-electron chi connectivity index (χ3n) is 8.16. The number of aliphatic hydroxyl groups is 1. The van der Waals surface area contributed by atoms with Crippen LogP contribution in [0.15, 0.2) is 82.6 Å². The molecule has 2 aliphatic heterocycles. The Balaban J connectivity index is 1.11. The van der Waals surface area contributed by atoms with E-state index in [0.29, 0.717) is 44.8 Å². The number of aliphatic hydroxyl groups excluding tert-OH is 1. The molecule has 2 aliphatic rings. The molecule has 1 unspecified atom stereocenters. The molecule has 10 nitrogen and oxygen atoms in total. The number of hydrogen-bond acceptors (Lipinski definition) is 9. The summed E-state index contributed by atoms with van der Waals surface area (Å²) in [6.45, 7) is 1.95. The van der Waals surface area contributed by atoms with E-state index in [4.69, 9.17) is 15.2 Å². The van der Waals surface area contributed by atoms with E-state index in [2.05, 4.69) is 5.32 Å². The molecule has 232 valence electrons. The molecule has 2 heterocycles. The van der Waals surface area contributed by atoms with Gasteiger partial charge in [0.1, 0.15) is 18.5 Å². The highest BCUT2D eigenvalue weighted by Gasteiger charge is 2.44. The Kier molecular flexibility index (Phi) is 9.57. The van der Waals surface area contributed by atoms with Crippen LogP contribution in [-0.4, -0.2) is 83.1 Å². The summed E-state index contributed by atoms with van der Waals surface area (Å²) in [4.78, 5) is 0.433. The Morgan fingerprint density at radius 2 is 1.70 bits per heavy atom. The lowest BCUT2D eigenvalue weighted by atomic mass is 9.88. The summed E-state index contributed by atoms with van der Waals surface area (Å²) in [6, 6.07) is 21.0. The van der Waals surface area contributed by atoms with Crippen LogP contribution in [0, 0.1) is 0 Å². The third-order valence-corrected chi connectivity index (χ3v) is 11.2. The summed E-state index contributed by atoms with van der Waals surface area (Å²) in [7, 11) is -7.01. The molecule has 5 rings (SSSR count). The number of piperidine rings is 1. The predicted octanol–water partition coefficient (Wildman–Crippen LogP) is 2.56. The van der Waals surface area contributed by atoms with Crippen LogP contribution < -0.4 is 15.8 Å². The lowest BCUT2D eigenvalue weighted by Crippen LogP contribution is -2.47. The van der Waals surface area contributed by atoms with Gasteiger partial charge in [0.25, 0.3) is 0 Å². The predicted molar refractivity (Wildman–Crippen MR) is 164 cm³/mol. The van der Waals surface area contributed by atoms with Crippen molar-refractivity contribution in [3.63, 3.8) is 0 Å². The Morgan fingerprint density at radius 1 is 1.00 bits per heavy atom. The molecule has 2 saturated heterocycles. The van der Waals surface area contributed by atoms with E-state index < -0.39 is 31.6 Å². The second kappa shape index (κ2) is 13.0. The molecular weight excluding hydrogens is 590 g/mol. The lowest BCUT2D eigenvalue weighted by molar-refractivity contribution is -0.0312. The van der Waals surface area contributed by atoms with Gasteiger partial charge < -0.3 is 25.6 Å². The van der Waals surface area contributed by atoms with Crippen molar-refractivity contribution in [2.75, 3.05) is 39.1 Å². The first-order valence-electron chi connectivity index (χ1n) is 14.4. The van der Waals surface area contributed by atoms with Crippen LogP contribution in [0.5, 0.6) is 5.75 Å². The monoisotopic (exact) mass is 629 g/mol. The average Bonchev–Trinajstić information content (AvgIpc) is 3.41. The molecule has 3 aromatic carbocycles. The van der Waals surface area contributed by atoms with Gasteiger partial charge in [0.2, 0.25) is 10.0 Å². The summed E-state index contributed by atoms with van der Waals surface area (Å²) in [5, 5.41) is 13.8. The topological polar surface area (TPSA) is 148 Å². The fourth-order valence-corrected chi connectivity index (χ4v) is 7.77. The number of nitrogens with two attached hydrogens (primary N) is 1. The number of rotatable bonds is 11. The van der Waals surface area contributed by atoms with Crippen LogP contribution in [0.25, 0.3) is 11.1 Å².